The van der Waals surface area contributed by atoms with E-state index in [1.807, 2.05) is 35.2 Å². The third kappa shape index (κ3) is 2.16. The number of aliphatic carboxylic acids is 1. The first-order chi connectivity index (χ1) is 9.25. The Morgan fingerprint density at radius 2 is 2.21 bits per heavy atom. The number of hydrogen-bond donors (Lipinski definition) is 1. The Bertz CT molecular complexity index is 556. The number of rotatable bonds is 4. The number of carboxylic acids is 1. The number of carbonyl (C=O) groups is 1. The fourth-order valence-electron chi connectivity index (χ4n) is 2.42. The van der Waals surface area contributed by atoms with Crippen LogP contribution in [0.5, 0.6) is 0 Å². The van der Waals surface area contributed by atoms with E-state index in [1.54, 1.807) is 0 Å². The summed E-state index contributed by atoms with van der Waals surface area (Å²) in [5, 5.41) is 13.0. The summed E-state index contributed by atoms with van der Waals surface area (Å²) in [7, 11) is 0. The number of carboxylic acid groups (broad SMARTS) is 1. The maximum atomic E-state index is 11.2. The number of anilines is 1. The number of nitrogens with zero attached hydrogens (tertiary/aromatic N) is 3. The maximum absolute atomic E-state index is 11.2. The van der Waals surface area contributed by atoms with Crippen LogP contribution in [0, 0.1) is 5.92 Å². The van der Waals surface area contributed by atoms with Crippen molar-refractivity contribution in [2.45, 2.75) is 12.5 Å². The summed E-state index contributed by atoms with van der Waals surface area (Å²) in [5.41, 5.74) is 1.10. The van der Waals surface area contributed by atoms with E-state index in [9.17, 15) is 9.90 Å². The normalized spacial score (nSPS) is 22.0. The molecule has 0 amide bonds. The molecule has 19 heavy (non-hydrogen) atoms. The van der Waals surface area contributed by atoms with E-state index >= 15 is 0 Å². The molecule has 2 atom stereocenters. The highest BCUT2D eigenvalue weighted by Gasteiger charge is 2.45. The summed E-state index contributed by atoms with van der Waals surface area (Å²) in [6, 6.07) is 9.69. The first-order valence-corrected chi connectivity index (χ1v) is 6.05. The summed E-state index contributed by atoms with van der Waals surface area (Å²) in [5.74, 6) is -0.710. The van der Waals surface area contributed by atoms with Gasteiger partial charge in [-0.25, -0.2) is 0 Å². The molecule has 98 valence electrons. The molecule has 6 heteroatoms. The standard InChI is InChI=1S/C13H13N3O3/c17-12(18)10-7-16(13-14-8-19-15-13)11(10)6-9-4-2-1-3-5-9/h1-5,8,10-11H,6-7H2,(H,17,18). The van der Waals surface area contributed by atoms with Crippen LogP contribution in [-0.2, 0) is 11.2 Å². The molecular formula is C13H13N3O3. The van der Waals surface area contributed by atoms with Gasteiger partial charge >= 0.3 is 5.97 Å². The molecule has 1 aliphatic rings. The Morgan fingerprint density at radius 1 is 1.42 bits per heavy atom. The summed E-state index contributed by atoms with van der Waals surface area (Å²) >= 11 is 0. The molecule has 1 saturated heterocycles. The lowest BCUT2D eigenvalue weighted by molar-refractivity contribution is -0.144. The van der Waals surface area contributed by atoms with Crippen molar-refractivity contribution in [3.63, 3.8) is 0 Å². The van der Waals surface area contributed by atoms with Crippen LogP contribution in [0.15, 0.2) is 41.2 Å². The lowest BCUT2D eigenvalue weighted by Gasteiger charge is -2.45. The predicted molar refractivity (Wildman–Crippen MR) is 66.7 cm³/mol. The third-order valence-corrected chi connectivity index (χ3v) is 3.47. The second-order valence-corrected chi connectivity index (χ2v) is 4.59. The Balaban J connectivity index is 1.79. The van der Waals surface area contributed by atoms with Gasteiger partial charge in [0.2, 0.25) is 6.39 Å². The lowest BCUT2D eigenvalue weighted by Crippen LogP contribution is -2.60. The Morgan fingerprint density at radius 3 is 2.84 bits per heavy atom. The van der Waals surface area contributed by atoms with Gasteiger partial charge in [0.25, 0.3) is 5.95 Å². The van der Waals surface area contributed by atoms with Crippen LogP contribution in [0.1, 0.15) is 5.56 Å². The molecule has 1 N–H and O–H groups in total. The molecule has 0 radical (unpaired) electrons. The molecule has 6 nitrogen and oxygen atoms in total. The van der Waals surface area contributed by atoms with Crippen molar-refractivity contribution >= 4 is 11.9 Å². The zero-order valence-corrected chi connectivity index (χ0v) is 10.1. The van der Waals surface area contributed by atoms with Crippen LogP contribution in [0.2, 0.25) is 0 Å². The van der Waals surface area contributed by atoms with Gasteiger partial charge in [-0.15, -0.1) is 0 Å². The van der Waals surface area contributed by atoms with E-state index in [-0.39, 0.29) is 6.04 Å². The fraction of sp³-hybridized carbons (Fsp3) is 0.308. The van der Waals surface area contributed by atoms with Gasteiger partial charge in [0.15, 0.2) is 0 Å². The van der Waals surface area contributed by atoms with Gasteiger partial charge in [-0.2, -0.15) is 4.98 Å². The Kier molecular flexibility index (Phi) is 2.91. The molecule has 2 unspecified atom stereocenters. The van der Waals surface area contributed by atoms with E-state index in [0.29, 0.717) is 18.9 Å². The van der Waals surface area contributed by atoms with Gasteiger partial charge in [0, 0.05) is 6.54 Å². The van der Waals surface area contributed by atoms with Crippen molar-refractivity contribution in [3.05, 3.63) is 42.3 Å². The molecule has 1 aromatic heterocycles. The quantitative estimate of drug-likeness (QED) is 0.888. The van der Waals surface area contributed by atoms with Gasteiger partial charge in [0.1, 0.15) is 0 Å². The lowest BCUT2D eigenvalue weighted by atomic mass is 9.84. The second kappa shape index (κ2) is 4.72. The van der Waals surface area contributed by atoms with E-state index in [4.69, 9.17) is 4.52 Å². The number of aromatic nitrogens is 2. The van der Waals surface area contributed by atoms with Gasteiger partial charge < -0.3 is 14.5 Å². The Hall–Kier alpha value is -2.37. The van der Waals surface area contributed by atoms with Crippen LogP contribution >= 0.6 is 0 Å². The smallest absolute Gasteiger partial charge is 0.310 e. The van der Waals surface area contributed by atoms with Crippen molar-refractivity contribution in [2.75, 3.05) is 11.4 Å². The molecule has 1 aromatic carbocycles. The van der Waals surface area contributed by atoms with Gasteiger partial charge in [-0.1, -0.05) is 30.3 Å². The van der Waals surface area contributed by atoms with Crippen molar-refractivity contribution in [3.8, 4) is 0 Å². The largest absolute Gasteiger partial charge is 0.481 e. The molecule has 0 spiro atoms. The molecule has 3 rings (SSSR count). The third-order valence-electron chi connectivity index (χ3n) is 3.47. The van der Waals surface area contributed by atoms with E-state index in [1.165, 1.54) is 6.39 Å². The van der Waals surface area contributed by atoms with Crippen molar-refractivity contribution < 1.29 is 14.4 Å². The number of hydrogen-bond acceptors (Lipinski definition) is 5. The number of benzene rings is 1. The second-order valence-electron chi connectivity index (χ2n) is 4.59. The van der Waals surface area contributed by atoms with Gasteiger partial charge in [-0.05, 0) is 17.1 Å². The summed E-state index contributed by atoms with van der Waals surface area (Å²) in [6.07, 6.45) is 1.91. The zero-order valence-electron chi connectivity index (χ0n) is 10.1. The summed E-state index contributed by atoms with van der Waals surface area (Å²) in [6.45, 7) is 0.423. The topological polar surface area (TPSA) is 79.5 Å². The molecule has 2 aromatic rings. The SMILES string of the molecule is O=C(O)C1CN(c2ncon2)C1Cc1ccccc1. The summed E-state index contributed by atoms with van der Waals surface area (Å²) < 4.78 is 4.72. The highest BCUT2D eigenvalue weighted by Crippen LogP contribution is 2.31. The average Bonchev–Trinajstić information content (AvgIpc) is 2.89. The van der Waals surface area contributed by atoms with Crippen LogP contribution in [-0.4, -0.2) is 33.8 Å². The van der Waals surface area contributed by atoms with Crippen molar-refractivity contribution in [2.24, 2.45) is 5.92 Å². The van der Waals surface area contributed by atoms with Crippen LogP contribution in [0.25, 0.3) is 0 Å². The van der Waals surface area contributed by atoms with E-state index in [2.05, 4.69) is 10.1 Å². The monoisotopic (exact) mass is 259 g/mol. The van der Waals surface area contributed by atoms with E-state index in [0.717, 1.165) is 5.56 Å². The van der Waals surface area contributed by atoms with E-state index < -0.39 is 11.9 Å². The Labute approximate surface area is 109 Å². The highest BCUT2D eigenvalue weighted by atomic mass is 16.5. The molecule has 0 aliphatic carbocycles. The fourth-order valence-corrected chi connectivity index (χ4v) is 2.42. The first kappa shape index (κ1) is 11.7. The zero-order chi connectivity index (χ0) is 13.2. The van der Waals surface area contributed by atoms with Crippen LogP contribution < -0.4 is 4.90 Å². The molecule has 0 bridgehead atoms. The van der Waals surface area contributed by atoms with Gasteiger partial charge in [-0.3, -0.25) is 4.79 Å². The summed E-state index contributed by atoms with van der Waals surface area (Å²) in [4.78, 5) is 17.1. The first-order valence-electron chi connectivity index (χ1n) is 6.05. The molecule has 0 saturated carbocycles. The maximum Gasteiger partial charge on any atom is 0.310 e. The van der Waals surface area contributed by atoms with Crippen molar-refractivity contribution in [1.82, 2.24) is 10.1 Å². The predicted octanol–water partition coefficient (Wildman–Crippen LogP) is 1.20. The average molecular weight is 259 g/mol. The van der Waals surface area contributed by atoms with Crippen LogP contribution in [0.4, 0.5) is 5.95 Å². The molecule has 1 fully saturated rings. The molecular weight excluding hydrogens is 246 g/mol. The minimum Gasteiger partial charge on any atom is -0.481 e. The van der Waals surface area contributed by atoms with Crippen LogP contribution in [0.3, 0.4) is 0 Å². The highest BCUT2D eigenvalue weighted by molar-refractivity contribution is 5.75. The minimum atomic E-state index is -0.777. The minimum absolute atomic E-state index is 0.127. The van der Waals surface area contributed by atoms with Gasteiger partial charge in [0.05, 0.1) is 12.0 Å². The molecule has 2 heterocycles. The van der Waals surface area contributed by atoms with Crippen molar-refractivity contribution in [1.29, 1.82) is 0 Å². The molecule has 1 aliphatic heterocycles.